The molecule has 0 saturated carbocycles. The van der Waals surface area contributed by atoms with E-state index in [1.54, 1.807) is 0 Å². The Morgan fingerprint density at radius 2 is 1.50 bits per heavy atom. The van der Waals surface area contributed by atoms with Crippen molar-refractivity contribution in [1.29, 1.82) is 0 Å². The van der Waals surface area contributed by atoms with Gasteiger partial charge in [-0.05, 0) is 30.6 Å². The molecule has 0 radical (unpaired) electrons. The first kappa shape index (κ1) is 16.0. The minimum Gasteiger partial charge on any atom is -0.393 e. The summed E-state index contributed by atoms with van der Waals surface area (Å²) >= 11 is 0. The molecule has 0 aliphatic rings. The molecule has 0 saturated heterocycles. The van der Waals surface area contributed by atoms with Gasteiger partial charge in [0.25, 0.3) is 0 Å². The number of hydrogen-bond acceptors (Lipinski definition) is 1. The summed E-state index contributed by atoms with van der Waals surface area (Å²) in [5, 5.41) is 10.0. The second-order valence-electron chi connectivity index (χ2n) is 5.31. The highest BCUT2D eigenvalue weighted by molar-refractivity contribution is 4.81. The van der Waals surface area contributed by atoms with Crippen molar-refractivity contribution in [1.82, 2.24) is 0 Å². The Morgan fingerprint density at radius 3 is 1.81 bits per heavy atom. The quantitative estimate of drug-likeness (QED) is 0.602. The second kappa shape index (κ2) is 8.11. The molecule has 2 unspecified atom stereocenters. The summed E-state index contributed by atoms with van der Waals surface area (Å²) in [6, 6.07) is 0. The van der Waals surface area contributed by atoms with Gasteiger partial charge in [0.1, 0.15) is 0 Å². The minimum absolute atomic E-state index is 0.0978. The molecule has 2 atom stereocenters. The Morgan fingerprint density at radius 1 is 0.938 bits per heavy atom. The highest BCUT2D eigenvalue weighted by Crippen LogP contribution is 2.40. The summed E-state index contributed by atoms with van der Waals surface area (Å²) < 4.78 is 0. The maximum atomic E-state index is 10.0. The normalized spacial score (nSPS) is 16.1. The van der Waals surface area contributed by atoms with Crippen LogP contribution in [0.25, 0.3) is 0 Å². The summed E-state index contributed by atoms with van der Waals surface area (Å²) in [5.41, 5.74) is 0.478. The molecule has 98 valence electrons. The zero-order valence-corrected chi connectivity index (χ0v) is 12.1. The van der Waals surface area contributed by atoms with Crippen LogP contribution in [0.4, 0.5) is 0 Å². The number of aliphatic hydroxyl groups is 1. The van der Waals surface area contributed by atoms with Crippen LogP contribution >= 0.6 is 0 Å². The fourth-order valence-corrected chi connectivity index (χ4v) is 2.97. The van der Waals surface area contributed by atoms with E-state index in [0.29, 0.717) is 11.3 Å². The standard InChI is InChI=1S/C15H32O/c1-6-11-15(9-4,10-5)12-13(7-2)14(16)8-3/h13-14,16H,6-12H2,1-5H3. The topological polar surface area (TPSA) is 20.2 Å². The third-order valence-electron chi connectivity index (χ3n) is 4.46. The van der Waals surface area contributed by atoms with E-state index in [9.17, 15) is 5.11 Å². The van der Waals surface area contributed by atoms with Crippen molar-refractivity contribution < 1.29 is 5.11 Å². The van der Waals surface area contributed by atoms with E-state index in [1.807, 2.05) is 0 Å². The molecule has 0 fully saturated rings. The van der Waals surface area contributed by atoms with Gasteiger partial charge in [-0.25, -0.2) is 0 Å². The Bertz CT molecular complexity index is 161. The van der Waals surface area contributed by atoms with E-state index < -0.39 is 0 Å². The molecule has 0 spiro atoms. The van der Waals surface area contributed by atoms with Gasteiger partial charge in [0, 0.05) is 0 Å². The molecule has 0 aromatic heterocycles. The molecule has 0 rings (SSSR count). The maximum absolute atomic E-state index is 10.0. The van der Waals surface area contributed by atoms with Crippen molar-refractivity contribution in [2.75, 3.05) is 0 Å². The first-order valence-electron chi connectivity index (χ1n) is 7.27. The van der Waals surface area contributed by atoms with E-state index >= 15 is 0 Å². The second-order valence-corrected chi connectivity index (χ2v) is 5.31. The predicted octanol–water partition coefficient (Wildman–Crippen LogP) is 4.78. The van der Waals surface area contributed by atoms with Crippen LogP contribution in [0.1, 0.15) is 79.6 Å². The van der Waals surface area contributed by atoms with Gasteiger partial charge in [-0.3, -0.25) is 0 Å². The van der Waals surface area contributed by atoms with Crippen molar-refractivity contribution in [2.24, 2.45) is 11.3 Å². The summed E-state index contributed by atoms with van der Waals surface area (Å²) in [7, 11) is 0. The first-order chi connectivity index (χ1) is 7.59. The largest absolute Gasteiger partial charge is 0.393 e. The summed E-state index contributed by atoms with van der Waals surface area (Å²) in [6.45, 7) is 11.2. The molecule has 0 amide bonds. The van der Waals surface area contributed by atoms with Gasteiger partial charge in [-0.1, -0.05) is 60.3 Å². The molecule has 1 heteroatoms. The van der Waals surface area contributed by atoms with Crippen LogP contribution < -0.4 is 0 Å². The van der Waals surface area contributed by atoms with Crippen LogP contribution in [0.2, 0.25) is 0 Å². The van der Waals surface area contributed by atoms with Gasteiger partial charge >= 0.3 is 0 Å². The third-order valence-corrected chi connectivity index (χ3v) is 4.46. The number of rotatable bonds is 9. The molecule has 16 heavy (non-hydrogen) atoms. The van der Waals surface area contributed by atoms with Crippen LogP contribution in [0, 0.1) is 11.3 Å². The van der Waals surface area contributed by atoms with Crippen molar-refractivity contribution in [3.05, 3.63) is 0 Å². The van der Waals surface area contributed by atoms with Crippen LogP contribution in [0.5, 0.6) is 0 Å². The van der Waals surface area contributed by atoms with E-state index in [-0.39, 0.29) is 6.10 Å². The highest BCUT2D eigenvalue weighted by Gasteiger charge is 2.30. The first-order valence-corrected chi connectivity index (χ1v) is 7.27. The molecule has 0 aliphatic carbocycles. The molecule has 0 heterocycles. The maximum Gasteiger partial charge on any atom is 0.0565 e. The lowest BCUT2D eigenvalue weighted by molar-refractivity contribution is 0.0560. The minimum atomic E-state index is -0.0978. The van der Waals surface area contributed by atoms with E-state index in [4.69, 9.17) is 0 Å². The molecule has 0 aliphatic heterocycles. The van der Waals surface area contributed by atoms with Crippen LogP contribution in [0.15, 0.2) is 0 Å². The van der Waals surface area contributed by atoms with Gasteiger partial charge < -0.3 is 5.11 Å². The lowest BCUT2D eigenvalue weighted by atomic mass is 9.70. The molecule has 0 bridgehead atoms. The van der Waals surface area contributed by atoms with E-state index in [2.05, 4.69) is 34.6 Å². The monoisotopic (exact) mass is 228 g/mol. The Kier molecular flexibility index (Phi) is 8.09. The van der Waals surface area contributed by atoms with Crippen molar-refractivity contribution >= 4 is 0 Å². The lowest BCUT2D eigenvalue weighted by Gasteiger charge is -2.36. The van der Waals surface area contributed by atoms with E-state index in [0.717, 1.165) is 12.8 Å². The zero-order valence-electron chi connectivity index (χ0n) is 12.1. The molecular formula is C15H32O. The molecular weight excluding hydrogens is 196 g/mol. The van der Waals surface area contributed by atoms with Crippen molar-refractivity contribution in [2.45, 2.75) is 85.7 Å². The van der Waals surface area contributed by atoms with Crippen LogP contribution in [0.3, 0.4) is 0 Å². The Labute approximate surface area is 103 Å². The summed E-state index contributed by atoms with van der Waals surface area (Å²) in [5.74, 6) is 0.497. The van der Waals surface area contributed by atoms with Crippen LogP contribution in [-0.2, 0) is 0 Å². The average Bonchev–Trinajstić information content (AvgIpc) is 2.33. The predicted molar refractivity (Wildman–Crippen MR) is 72.6 cm³/mol. The highest BCUT2D eigenvalue weighted by atomic mass is 16.3. The SMILES string of the molecule is CCCC(CC)(CC)CC(CC)C(O)CC. The van der Waals surface area contributed by atoms with E-state index in [1.165, 1.54) is 32.1 Å². The Hall–Kier alpha value is -0.0400. The fraction of sp³-hybridized carbons (Fsp3) is 1.00. The molecule has 1 nitrogen and oxygen atoms in total. The van der Waals surface area contributed by atoms with Gasteiger partial charge in [0.05, 0.1) is 6.10 Å². The van der Waals surface area contributed by atoms with Crippen LogP contribution in [-0.4, -0.2) is 11.2 Å². The zero-order chi connectivity index (χ0) is 12.6. The summed E-state index contributed by atoms with van der Waals surface area (Å²) in [4.78, 5) is 0. The summed E-state index contributed by atoms with van der Waals surface area (Å²) in [6.07, 6.45) is 8.20. The molecule has 1 N–H and O–H groups in total. The smallest absolute Gasteiger partial charge is 0.0565 e. The van der Waals surface area contributed by atoms with Crippen molar-refractivity contribution in [3.8, 4) is 0 Å². The van der Waals surface area contributed by atoms with Gasteiger partial charge in [0.2, 0.25) is 0 Å². The van der Waals surface area contributed by atoms with Gasteiger partial charge in [0.15, 0.2) is 0 Å². The van der Waals surface area contributed by atoms with Gasteiger partial charge in [-0.15, -0.1) is 0 Å². The Balaban J connectivity index is 4.56. The number of hydrogen-bond donors (Lipinski definition) is 1. The molecule has 0 aromatic rings. The number of aliphatic hydroxyl groups excluding tert-OH is 1. The third kappa shape index (κ3) is 4.45. The lowest BCUT2D eigenvalue weighted by Crippen LogP contribution is -2.29. The van der Waals surface area contributed by atoms with Gasteiger partial charge in [-0.2, -0.15) is 0 Å². The molecule has 0 aromatic carbocycles. The average molecular weight is 228 g/mol. The van der Waals surface area contributed by atoms with Crippen molar-refractivity contribution in [3.63, 3.8) is 0 Å². The fourth-order valence-electron chi connectivity index (χ4n) is 2.97.